The number of fused-ring (bicyclic) bond motifs is 1. The van der Waals surface area contributed by atoms with Crippen LogP contribution in [0.25, 0.3) is 16.5 Å². The lowest BCUT2D eigenvalue weighted by molar-refractivity contribution is 0.0953. The second-order valence-electron chi connectivity index (χ2n) is 13.1. The molecule has 0 atom stereocenters. The Morgan fingerprint density at radius 3 is 2.28 bits per heavy atom. The van der Waals surface area contributed by atoms with E-state index in [1.54, 1.807) is 61.5 Å². The van der Waals surface area contributed by atoms with Gasteiger partial charge in [0, 0.05) is 46.6 Å². The van der Waals surface area contributed by atoms with Crippen LogP contribution in [0, 0.1) is 0 Å². The fourth-order valence-corrected chi connectivity index (χ4v) is 5.48. The van der Waals surface area contributed by atoms with Crippen molar-refractivity contribution < 1.29 is 23.8 Å². The van der Waals surface area contributed by atoms with E-state index in [0.29, 0.717) is 40.8 Å². The van der Waals surface area contributed by atoms with E-state index in [-0.39, 0.29) is 23.2 Å². The van der Waals surface area contributed by atoms with Crippen LogP contribution in [0.5, 0.6) is 23.1 Å². The van der Waals surface area contributed by atoms with Crippen LogP contribution in [-0.2, 0) is 5.41 Å². The van der Waals surface area contributed by atoms with Gasteiger partial charge in [0.2, 0.25) is 11.8 Å². The molecule has 0 saturated heterocycles. The molecule has 0 unspecified atom stereocenters. The minimum absolute atomic E-state index is 0.187. The minimum Gasteiger partial charge on any atom is -0.497 e. The van der Waals surface area contributed by atoms with Crippen LogP contribution in [0.2, 0.25) is 0 Å². The first-order valence-electron chi connectivity index (χ1n) is 17.1. The van der Waals surface area contributed by atoms with Crippen LogP contribution in [0.1, 0.15) is 50.2 Å². The zero-order chi connectivity index (χ0) is 37.5. The van der Waals surface area contributed by atoms with Gasteiger partial charge in [0.05, 0.1) is 37.0 Å². The number of carbonyl (C=O) groups excluding carboxylic acids is 2. The third kappa shape index (κ3) is 8.47. The first-order chi connectivity index (χ1) is 25.6. The molecule has 2 heterocycles. The molecule has 0 bridgehead atoms. The van der Waals surface area contributed by atoms with Crippen molar-refractivity contribution in [2.45, 2.75) is 39.5 Å². The molecular formula is C40H42N8O5. The van der Waals surface area contributed by atoms with Crippen LogP contribution in [0.15, 0.2) is 97.2 Å². The summed E-state index contributed by atoms with van der Waals surface area (Å²) in [5, 5.41) is 18.3. The molecule has 272 valence electrons. The molecule has 13 heteroatoms. The van der Waals surface area contributed by atoms with Gasteiger partial charge in [-0.2, -0.15) is 10.1 Å². The number of methoxy groups -OCH3 is 2. The average Bonchev–Trinajstić information content (AvgIpc) is 3.59. The zero-order valence-corrected chi connectivity index (χ0v) is 30.5. The molecule has 13 nitrogen and oxygen atoms in total. The Balaban J connectivity index is 1.21. The van der Waals surface area contributed by atoms with Gasteiger partial charge in [-0.15, -0.1) is 0 Å². The van der Waals surface area contributed by atoms with Crippen molar-refractivity contribution in [1.29, 1.82) is 0 Å². The Bertz CT molecular complexity index is 2250. The highest BCUT2D eigenvalue weighted by molar-refractivity contribution is 6.07. The third-order valence-corrected chi connectivity index (χ3v) is 8.26. The summed E-state index contributed by atoms with van der Waals surface area (Å²) < 4.78 is 18.8. The zero-order valence-electron chi connectivity index (χ0n) is 30.5. The van der Waals surface area contributed by atoms with Gasteiger partial charge in [-0.3, -0.25) is 10.1 Å². The van der Waals surface area contributed by atoms with Gasteiger partial charge in [0.25, 0.3) is 5.91 Å². The number of urea groups is 1. The van der Waals surface area contributed by atoms with Crippen LogP contribution in [0.3, 0.4) is 0 Å². The molecule has 0 fully saturated rings. The molecule has 0 radical (unpaired) electrons. The number of nitrogens with one attached hydrogen (secondary N) is 4. The molecular weight excluding hydrogens is 672 g/mol. The number of anilines is 4. The quantitative estimate of drug-likeness (QED) is 0.0978. The number of benzene rings is 4. The molecule has 53 heavy (non-hydrogen) atoms. The maximum atomic E-state index is 13.5. The predicted octanol–water partition coefficient (Wildman–Crippen LogP) is 8.45. The van der Waals surface area contributed by atoms with E-state index in [2.05, 4.69) is 52.0 Å². The lowest BCUT2D eigenvalue weighted by Gasteiger charge is -2.15. The maximum Gasteiger partial charge on any atom is 0.324 e. The van der Waals surface area contributed by atoms with Crippen molar-refractivity contribution >= 4 is 45.9 Å². The van der Waals surface area contributed by atoms with E-state index in [1.807, 2.05) is 61.5 Å². The Morgan fingerprint density at radius 1 is 0.811 bits per heavy atom. The SMILES string of the molecule is CCCNC(=O)c1ccc(OC)c(Nc2nccc(Oc3ccc(NC(=O)Nc4cc(C(C)(C)C)nn4-c4ccc(OC)cc4)c4ccccc34)n2)c1. The number of carbonyl (C=O) groups is 2. The molecule has 0 spiro atoms. The summed E-state index contributed by atoms with van der Waals surface area (Å²) >= 11 is 0. The molecule has 0 saturated carbocycles. The van der Waals surface area contributed by atoms with Gasteiger partial charge in [-0.25, -0.2) is 14.5 Å². The Kier molecular flexibility index (Phi) is 10.7. The molecule has 6 rings (SSSR count). The number of hydrogen-bond acceptors (Lipinski definition) is 9. The molecule has 6 aromatic rings. The van der Waals surface area contributed by atoms with Crippen molar-refractivity contribution in [3.63, 3.8) is 0 Å². The number of amides is 3. The molecule has 2 aromatic heterocycles. The third-order valence-electron chi connectivity index (χ3n) is 8.26. The molecule has 0 aliphatic rings. The fourth-order valence-electron chi connectivity index (χ4n) is 5.48. The molecule has 0 aliphatic carbocycles. The summed E-state index contributed by atoms with van der Waals surface area (Å²) in [4.78, 5) is 35.0. The van der Waals surface area contributed by atoms with Crippen LogP contribution in [0.4, 0.5) is 27.9 Å². The van der Waals surface area contributed by atoms with Crippen molar-refractivity contribution in [1.82, 2.24) is 25.1 Å². The van der Waals surface area contributed by atoms with Gasteiger partial charge in [0.1, 0.15) is 23.1 Å². The number of aromatic nitrogens is 4. The van der Waals surface area contributed by atoms with E-state index >= 15 is 0 Å². The molecule has 3 amide bonds. The summed E-state index contributed by atoms with van der Waals surface area (Å²) in [5.41, 5.74) is 2.92. The van der Waals surface area contributed by atoms with E-state index < -0.39 is 6.03 Å². The van der Waals surface area contributed by atoms with Gasteiger partial charge in [0.15, 0.2) is 0 Å². The predicted molar refractivity (Wildman–Crippen MR) is 206 cm³/mol. The van der Waals surface area contributed by atoms with Crippen molar-refractivity contribution in [2.75, 3.05) is 36.7 Å². The standard InChI is InChI=1S/C40H42N8O5/c1-7-21-41-37(49)25-12-18-33(52-6)31(23-25)43-38-42-22-20-36(46-38)53-32-19-17-30(28-10-8-9-11-29(28)32)44-39(50)45-35-24-34(40(2,3)4)47-48(35)26-13-15-27(51-5)16-14-26/h8-20,22-24H,7,21H2,1-6H3,(H,41,49)(H,42,43,46)(H2,44,45,50). The van der Waals surface area contributed by atoms with Gasteiger partial charge in [-0.05, 0) is 61.0 Å². The topological polar surface area (TPSA) is 154 Å². The minimum atomic E-state index is -0.437. The Morgan fingerprint density at radius 2 is 1.57 bits per heavy atom. The number of nitrogens with zero attached hydrogens (tertiary/aromatic N) is 4. The highest BCUT2D eigenvalue weighted by Crippen LogP contribution is 2.35. The Hall–Kier alpha value is -6.63. The second kappa shape index (κ2) is 15.7. The van der Waals surface area contributed by atoms with Crippen molar-refractivity contribution in [3.8, 4) is 28.8 Å². The molecule has 4 aromatic carbocycles. The fraction of sp³-hybridized carbons (Fsp3) is 0.225. The number of rotatable bonds is 12. The van der Waals surface area contributed by atoms with Gasteiger partial charge < -0.3 is 30.2 Å². The largest absolute Gasteiger partial charge is 0.497 e. The smallest absolute Gasteiger partial charge is 0.324 e. The summed E-state index contributed by atoms with van der Waals surface area (Å²) in [6.07, 6.45) is 2.40. The van der Waals surface area contributed by atoms with E-state index in [1.165, 1.54) is 0 Å². The van der Waals surface area contributed by atoms with E-state index in [0.717, 1.165) is 34.3 Å². The molecule has 0 aliphatic heterocycles. The van der Waals surface area contributed by atoms with Gasteiger partial charge in [-0.1, -0.05) is 52.0 Å². The van der Waals surface area contributed by atoms with Gasteiger partial charge >= 0.3 is 6.03 Å². The summed E-state index contributed by atoms with van der Waals surface area (Å²) in [5.74, 6) is 2.61. The van der Waals surface area contributed by atoms with Crippen LogP contribution < -0.4 is 35.5 Å². The summed E-state index contributed by atoms with van der Waals surface area (Å²) in [6.45, 7) is 8.77. The average molecular weight is 715 g/mol. The monoisotopic (exact) mass is 714 g/mol. The summed E-state index contributed by atoms with van der Waals surface area (Å²) in [7, 11) is 3.16. The highest BCUT2D eigenvalue weighted by atomic mass is 16.5. The second-order valence-corrected chi connectivity index (χ2v) is 13.1. The van der Waals surface area contributed by atoms with Crippen LogP contribution in [-0.4, -0.2) is 52.5 Å². The Labute approximate surface area is 307 Å². The summed E-state index contributed by atoms with van der Waals surface area (Å²) in [6, 6.07) is 26.8. The maximum absolute atomic E-state index is 13.5. The normalized spacial score (nSPS) is 11.1. The highest BCUT2D eigenvalue weighted by Gasteiger charge is 2.22. The lowest BCUT2D eigenvalue weighted by Crippen LogP contribution is -2.24. The molecule has 4 N–H and O–H groups in total. The van der Waals surface area contributed by atoms with Crippen molar-refractivity contribution in [2.24, 2.45) is 0 Å². The number of hydrogen-bond donors (Lipinski definition) is 4. The van der Waals surface area contributed by atoms with Crippen molar-refractivity contribution in [3.05, 3.63) is 108 Å². The van der Waals surface area contributed by atoms with E-state index in [4.69, 9.17) is 19.3 Å². The first-order valence-corrected chi connectivity index (χ1v) is 17.1. The first kappa shape index (κ1) is 36.2. The lowest BCUT2D eigenvalue weighted by atomic mass is 9.92. The van der Waals surface area contributed by atoms with E-state index in [9.17, 15) is 9.59 Å². The van der Waals surface area contributed by atoms with Crippen LogP contribution >= 0.6 is 0 Å². The number of ether oxygens (including phenoxy) is 3.